The van der Waals surface area contributed by atoms with Gasteiger partial charge in [0.2, 0.25) is 0 Å². The number of aromatic nitrogens is 3. The lowest BCUT2D eigenvalue weighted by molar-refractivity contribution is -0.0535. The van der Waals surface area contributed by atoms with Crippen LogP contribution in [0.25, 0.3) is 33.4 Å². The number of halogens is 1. The minimum atomic E-state index is -0.726. The molecule has 7 heteroatoms. The SMILES string of the molecule is CC1(O)CC(n2nc(-c3ccc4ccc(-c5cccc(F)c5)nc4c3)c(C#N)c2N)C1. The van der Waals surface area contributed by atoms with Crippen LogP contribution < -0.4 is 5.73 Å². The Balaban J connectivity index is 1.58. The summed E-state index contributed by atoms with van der Waals surface area (Å²) in [4.78, 5) is 4.69. The second kappa shape index (κ2) is 6.89. The number of rotatable bonds is 3. The zero-order valence-electron chi connectivity index (χ0n) is 16.9. The van der Waals surface area contributed by atoms with Gasteiger partial charge in [-0.3, -0.25) is 0 Å². The van der Waals surface area contributed by atoms with Gasteiger partial charge in [-0.1, -0.05) is 30.3 Å². The molecule has 1 aliphatic carbocycles. The predicted molar refractivity (Wildman–Crippen MR) is 116 cm³/mol. The molecular formula is C24H20FN5O. The van der Waals surface area contributed by atoms with Gasteiger partial charge >= 0.3 is 0 Å². The minimum absolute atomic E-state index is 0.0333. The van der Waals surface area contributed by atoms with Crippen molar-refractivity contribution in [1.82, 2.24) is 14.8 Å². The van der Waals surface area contributed by atoms with Gasteiger partial charge in [0.1, 0.15) is 29.0 Å². The molecule has 1 fully saturated rings. The van der Waals surface area contributed by atoms with Crippen molar-refractivity contribution in [3.05, 3.63) is 66.0 Å². The van der Waals surface area contributed by atoms with Gasteiger partial charge in [-0.05, 0) is 44.0 Å². The molecule has 4 aromatic rings. The highest BCUT2D eigenvalue weighted by molar-refractivity contribution is 5.87. The number of nitrogens with zero attached hydrogens (tertiary/aromatic N) is 4. The summed E-state index contributed by atoms with van der Waals surface area (Å²) in [5, 5.41) is 25.3. The lowest BCUT2D eigenvalue weighted by atomic mass is 9.77. The molecule has 0 amide bonds. The Morgan fingerprint density at radius 2 is 1.94 bits per heavy atom. The van der Waals surface area contributed by atoms with E-state index in [1.807, 2.05) is 36.4 Å². The number of aliphatic hydroxyl groups is 1. The number of nitrogens with two attached hydrogens (primary N) is 1. The largest absolute Gasteiger partial charge is 0.390 e. The Hall–Kier alpha value is -3.76. The summed E-state index contributed by atoms with van der Waals surface area (Å²) in [5.41, 5.74) is 9.09. The summed E-state index contributed by atoms with van der Waals surface area (Å²) in [6.07, 6.45) is 1.08. The molecule has 2 heterocycles. The number of fused-ring (bicyclic) bond motifs is 1. The Morgan fingerprint density at radius 1 is 1.16 bits per heavy atom. The van der Waals surface area contributed by atoms with E-state index in [-0.39, 0.29) is 11.9 Å². The predicted octanol–water partition coefficient (Wildman–Crippen LogP) is 4.44. The van der Waals surface area contributed by atoms with Gasteiger partial charge in [-0.2, -0.15) is 10.4 Å². The third-order valence-electron chi connectivity index (χ3n) is 5.84. The molecule has 0 saturated heterocycles. The van der Waals surface area contributed by atoms with Crippen LogP contribution in [0, 0.1) is 17.1 Å². The lowest BCUT2D eigenvalue weighted by Crippen LogP contribution is -2.42. The molecule has 0 radical (unpaired) electrons. The maximum atomic E-state index is 13.6. The summed E-state index contributed by atoms with van der Waals surface area (Å²) in [6.45, 7) is 1.78. The zero-order valence-corrected chi connectivity index (χ0v) is 16.9. The Labute approximate surface area is 178 Å². The van der Waals surface area contributed by atoms with Crippen molar-refractivity contribution in [2.45, 2.75) is 31.4 Å². The van der Waals surface area contributed by atoms with E-state index in [9.17, 15) is 14.8 Å². The first-order valence-corrected chi connectivity index (χ1v) is 10.0. The van der Waals surface area contributed by atoms with Crippen LogP contribution in [0.3, 0.4) is 0 Å². The Bertz CT molecular complexity index is 1360. The van der Waals surface area contributed by atoms with E-state index in [0.29, 0.717) is 46.7 Å². The topological polar surface area (TPSA) is 101 Å². The molecular weight excluding hydrogens is 393 g/mol. The molecule has 6 nitrogen and oxygen atoms in total. The molecule has 0 atom stereocenters. The van der Waals surface area contributed by atoms with E-state index in [1.54, 1.807) is 17.7 Å². The molecule has 2 aromatic heterocycles. The van der Waals surface area contributed by atoms with Crippen molar-refractivity contribution >= 4 is 16.7 Å². The third-order valence-corrected chi connectivity index (χ3v) is 5.84. The number of hydrogen-bond donors (Lipinski definition) is 2. The second-order valence-electron chi connectivity index (χ2n) is 8.34. The number of nitrogen functional groups attached to an aromatic ring is 1. The average Bonchev–Trinajstić information content (AvgIpc) is 3.07. The molecule has 2 aromatic carbocycles. The van der Waals surface area contributed by atoms with E-state index in [2.05, 4.69) is 11.2 Å². The van der Waals surface area contributed by atoms with Crippen LogP contribution in [0.1, 0.15) is 31.4 Å². The van der Waals surface area contributed by atoms with E-state index in [0.717, 1.165) is 10.9 Å². The van der Waals surface area contributed by atoms with Crippen molar-refractivity contribution in [2.75, 3.05) is 5.73 Å². The number of hydrogen-bond acceptors (Lipinski definition) is 5. The summed E-state index contributed by atoms with van der Waals surface area (Å²) < 4.78 is 15.3. The van der Waals surface area contributed by atoms with Gasteiger partial charge in [0, 0.05) is 16.5 Å². The molecule has 5 rings (SSSR count). The fourth-order valence-corrected chi connectivity index (χ4v) is 4.24. The van der Waals surface area contributed by atoms with Crippen LogP contribution in [-0.4, -0.2) is 25.5 Å². The van der Waals surface area contributed by atoms with Gasteiger partial charge in [0.15, 0.2) is 0 Å². The number of benzene rings is 2. The molecule has 1 aliphatic rings. The van der Waals surface area contributed by atoms with E-state index < -0.39 is 5.60 Å². The molecule has 0 aliphatic heterocycles. The standard InChI is InChI=1S/C24H20FN5O/c1-24(31)11-18(12-24)30-23(27)19(13-26)22(29-30)16-6-5-14-7-8-20(28-21(14)10-16)15-3-2-4-17(25)9-15/h2-10,18,31H,11-12,27H2,1H3. The van der Waals surface area contributed by atoms with Crippen LogP contribution in [-0.2, 0) is 0 Å². The molecule has 31 heavy (non-hydrogen) atoms. The first kappa shape index (κ1) is 19.2. The van der Waals surface area contributed by atoms with E-state index in [1.165, 1.54) is 12.1 Å². The zero-order chi connectivity index (χ0) is 21.8. The van der Waals surface area contributed by atoms with Gasteiger partial charge in [-0.25, -0.2) is 14.1 Å². The number of nitriles is 1. The maximum Gasteiger partial charge on any atom is 0.140 e. The molecule has 0 spiro atoms. The minimum Gasteiger partial charge on any atom is -0.390 e. The maximum absolute atomic E-state index is 13.6. The lowest BCUT2D eigenvalue weighted by Gasteiger charge is -2.41. The van der Waals surface area contributed by atoms with Crippen LogP contribution in [0.4, 0.5) is 10.2 Å². The van der Waals surface area contributed by atoms with Gasteiger partial charge < -0.3 is 10.8 Å². The van der Waals surface area contributed by atoms with E-state index in [4.69, 9.17) is 10.7 Å². The summed E-state index contributed by atoms with van der Waals surface area (Å²) in [5.74, 6) is -0.0117. The highest BCUT2D eigenvalue weighted by Crippen LogP contribution is 2.43. The fraction of sp³-hybridized carbons (Fsp3) is 0.208. The van der Waals surface area contributed by atoms with Crippen molar-refractivity contribution < 1.29 is 9.50 Å². The second-order valence-corrected chi connectivity index (χ2v) is 8.34. The quantitative estimate of drug-likeness (QED) is 0.517. The summed E-state index contributed by atoms with van der Waals surface area (Å²) >= 11 is 0. The number of pyridine rings is 1. The fourth-order valence-electron chi connectivity index (χ4n) is 4.24. The molecule has 0 bridgehead atoms. The summed E-state index contributed by atoms with van der Waals surface area (Å²) in [6, 6.07) is 17.9. The molecule has 154 valence electrons. The van der Waals surface area contributed by atoms with Gasteiger partial charge in [0.05, 0.1) is 22.9 Å². The molecule has 0 unspecified atom stereocenters. The van der Waals surface area contributed by atoms with Gasteiger partial charge in [0.25, 0.3) is 0 Å². The van der Waals surface area contributed by atoms with Crippen molar-refractivity contribution in [1.29, 1.82) is 5.26 Å². The van der Waals surface area contributed by atoms with Crippen LogP contribution in [0.2, 0.25) is 0 Å². The van der Waals surface area contributed by atoms with Crippen LogP contribution in [0.15, 0.2) is 54.6 Å². The average molecular weight is 413 g/mol. The van der Waals surface area contributed by atoms with Crippen molar-refractivity contribution in [3.63, 3.8) is 0 Å². The Morgan fingerprint density at radius 3 is 2.65 bits per heavy atom. The van der Waals surface area contributed by atoms with Crippen LogP contribution in [0.5, 0.6) is 0 Å². The molecule has 1 saturated carbocycles. The smallest absolute Gasteiger partial charge is 0.140 e. The monoisotopic (exact) mass is 413 g/mol. The Kier molecular flexibility index (Phi) is 4.27. The molecule has 3 N–H and O–H groups in total. The first-order chi connectivity index (χ1) is 14.8. The highest BCUT2D eigenvalue weighted by Gasteiger charge is 2.41. The van der Waals surface area contributed by atoms with Crippen LogP contribution >= 0.6 is 0 Å². The van der Waals surface area contributed by atoms with Gasteiger partial charge in [-0.15, -0.1) is 0 Å². The normalized spacial score (nSPS) is 20.4. The summed E-state index contributed by atoms with van der Waals surface area (Å²) in [7, 11) is 0. The highest BCUT2D eigenvalue weighted by atomic mass is 19.1. The van der Waals surface area contributed by atoms with Crippen molar-refractivity contribution in [2.24, 2.45) is 0 Å². The third kappa shape index (κ3) is 3.31. The van der Waals surface area contributed by atoms with E-state index >= 15 is 0 Å². The van der Waals surface area contributed by atoms with Crippen molar-refractivity contribution in [3.8, 4) is 28.6 Å². The first-order valence-electron chi connectivity index (χ1n) is 10.0. The number of anilines is 1.